The van der Waals surface area contributed by atoms with E-state index in [0.29, 0.717) is 31.9 Å². The van der Waals surface area contributed by atoms with Crippen LogP contribution in [0, 0.1) is 0 Å². The summed E-state index contributed by atoms with van der Waals surface area (Å²) in [7, 11) is 0. The van der Waals surface area contributed by atoms with Gasteiger partial charge in [-0.3, -0.25) is 9.36 Å². The van der Waals surface area contributed by atoms with Gasteiger partial charge in [-0.05, 0) is 36.4 Å². The lowest BCUT2D eigenvalue weighted by atomic mass is 10.1. The highest BCUT2D eigenvalue weighted by Crippen LogP contribution is 2.17. The number of ether oxygens (including phenoxy) is 1. The molecule has 1 fully saturated rings. The monoisotopic (exact) mass is 308 g/mol. The summed E-state index contributed by atoms with van der Waals surface area (Å²) in [5.74, 6) is 0.0495. The van der Waals surface area contributed by atoms with Crippen molar-refractivity contribution in [3.05, 3.63) is 54.5 Å². The fraction of sp³-hybridized carbons (Fsp3) is 0.235. The van der Waals surface area contributed by atoms with Crippen LogP contribution in [0.2, 0.25) is 0 Å². The molecule has 0 saturated carbocycles. The lowest BCUT2D eigenvalue weighted by Gasteiger charge is -2.26. The van der Waals surface area contributed by atoms with Gasteiger partial charge in [-0.1, -0.05) is 0 Å². The van der Waals surface area contributed by atoms with Gasteiger partial charge in [0.05, 0.1) is 13.2 Å². The Hall–Kier alpha value is -2.73. The Morgan fingerprint density at radius 1 is 1.04 bits per heavy atom. The predicted molar refractivity (Wildman–Crippen MR) is 85.6 cm³/mol. The molecule has 0 bridgehead atoms. The van der Waals surface area contributed by atoms with Gasteiger partial charge in [0, 0.05) is 30.5 Å². The molecule has 0 radical (unpaired) electrons. The maximum absolute atomic E-state index is 12.4. The Labute approximate surface area is 133 Å². The first kappa shape index (κ1) is 13.9. The number of nitrogens with zero attached hydrogens (tertiary/aromatic N) is 4. The van der Waals surface area contributed by atoms with Crippen molar-refractivity contribution in [2.24, 2.45) is 0 Å². The van der Waals surface area contributed by atoms with Crippen LogP contribution in [-0.4, -0.2) is 51.6 Å². The minimum atomic E-state index is 0.0495. The van der Waals surface area contributed by atoms with Gasteiger partial charge < -0.3 is 9.64 Å². The molecule has 0 unspecified atom stereocenters. The normalized spacial score (nSPS) is 15.0. The Kier molecular flexibility index (Phi) is 3.51. The Balaban J connectivity index is 1.61. The van der Waals surface area contributed by atoms with Crippen molar-refractivity contribution in [2.45, 2.75) is 0 Å². The van der Waals surface area contributed by atoms with Crippen molar-refractivity contribution in [3.8, 4) is 5.69 Å². The number of hydrogen-bond donors (Lipinski definition) is 0. The van der Waals surface area contributed by atoms with Crippen LogP contribution in [-0.2, 0) is 4.74 Å². The fourth-order valence-corrected chi connectivity index (χ4v) is 2.75. The van der Waals surface area contributed by atoms with E-state index in [1.807, 2.05) is 45.9 Å². The highest BCUT2D eigenvalue weighted by atomic mass is 16.5. The van der Waals surface area contributed by atoms with Gasteiger partial charge in [-0.2, -0.15) is 0 Å². The molecule has 0 aliphatic carbocycles. The van der Waals surface area contributed by atoms with Gasteiger partial charge in [0.25, 0.3) is 5.91 Å². The van der Waals surface area contributed by atoms with E-state index in [0.717, 1.165) is 16.9 Å². The minimum Gasteiger partial charge on any atom is -0.378 e. The minimum absolute atomic E-state index is 0.0495. The number of fused-ring (bicyclic) bond motifs is 1. The molecule has 1 aromatic carbocycles. The van der Waals surface area contributed by atoms with Gasteiger partial charge in [-0.15, -0.1) is 0 Å². The number of imidazole rings is 1. The van der Waals surface area contributed by atoms with Crippen LogP contribution in [0.1, 0.15) is 10.4 Å². The SMILES string of the molecule is O=C(c1ccc(-n2cnc3cccnc32)cc1)N1CCOCC1. The van der Waals surface area contributed by atoms with Crippen molar-refractivity contribution >= 4 is 17.1 Å². The third-order valence-corrected chi connectivity index (χ3v) is 4.00. The number of morpholine rings is 1. The zero-order valence-corrected chi connectivity index (χ0v) is 12.6. The van der Waals surface area contributed by atoms with Gasteiger partial charge in [0.2, 0.25) is 0 Å². The van der Waals surface area contributed by atoms with Gasteiger partial charge in [0.15, 0.2) is 5.65 Å². The summed E-state index contributed by atoms with van der Waals surface area (Å²) in [5, 5.41) is 0. The van der Waals surface area contributed by atoms with Gasteiger partial charge in [0.1, 0.15) is 11.8 Å². The van der Waals surface area contributed by atoms with E-state index in [-0.39, 0.29) is 5.91 Å². The van der Waals surface area contributed by atoms with Crippen LogP contribution in [0.4, 0.5) is 0 Å². The van der Waals surface area contributed by atoms with Crippen molar-refractivity contribution in [1.82, 2.24) is 19.4 Å². The van der Waals surface area contributed by atoms with E-state index in [1.54, 1.807) is 12.5 Å². The van der Waals surface area contributed by atoms with Gasteiger partial charge in [-0.25, -0.2) is 9.97 Å². The molecule has 1 aliphatic heterocycles. The molecule has 6 heteroatoms. The number of benzene rings is 1. The summed E-state index contributed by atoms with van der Waals surface area (Å²) in [6.45, 7) is 2.51. The Morgan fingerprint density at radius 2 is 1.83 bits per heavy atom. The van der Waals surface area contributed by atoms with E-state index in [9.17, 15) is 4.79 Å². The molecule has 3 aromatic rings. The van der Waals surface area contributed by atoms with Crippen LogP contribution < -0.4 is 0 Å². The van der Waals surface area contributed by atoms with E-state index >= 15 is 0 Å². The molecular weight excluding hydrogens is 292 g/mol. The summed E-state index contributed by atoms with van der Waals surface area (Å²) in [6, 6.07) is 11.3. The smallest absolute Gasteiger partial charge is 0.254 e. The average Bonchev–Trinajstić information content (AvgIpc) is 3.06. The van der Waals surface area contributed by atoms with Crippen molar-refractivity contribution in [3.63, 3.8) is 0 Å². The second-order valence-electron chi connectivity index (χ2n) is 5.41. The number of pyridine rings is 1. The number of hydrogen-bond acceptors (Lipinski definition) is 4. The molecule has 116 valence electrons. The van der Waals surface area contributed by atoms with Crippen molar-refractivity contribution in [1.29, 1.82) is 0 Å². The summed E-state index contributed by atoms with van der Waals surface area (Å²) in [4.78, 5) is 23.0. The summed E-state index contributed by atoms with van der Waals surface area (Å²) >= 11 is 0. The first-order valence-corrected chi connectivity index (χ1v) is 7.58. The number of carbonyl (C=O) groups excluding carboxylic acids is 1. The van der Waals surface area contributed by atoms with Crippen LogP contribution in [0.15, 0.2) is 48.9 Å². The second kappa shape index (κ2) is 5.81. The molecule has 0 N–H and O–H groups in total. The van der Waals surface area contributed by atoms with E-state index in [1.165, 1.54) is 0 Å². The van der Waals surface area contributed by atoms with E-state index in [2.05, 4.69) is 9.97 Å². The second-order valence-corrected chi connectivity index (χ2v) is 5.41. The molecule has 0 atom stereocenters. The van der Waals surface area contributed by atoms with E-state index < -0.39 is 0 Å². The number of rotatable bonds is 2. The van der Waals surface area contributed by atoms with Crippen molar-refractivity contribution < 1.29 is 9.53 Å². The molecule has 0 spiro atoms. The zero-order valence-electron chi connectivity index (χ0n) is 12.6. The molecule has 4 rings (SSSR count). The maximum atomic E-state index is 12.4. The first-order chi connectivity index (χ1) is 11.3. The third kappa shape index (κ3) is 2.57. The number of aromatic nitrogens is 3. The predicted octanol–water partition coefficient (Wildman–Crippen LogP) is 1.89. The van der Waals surface area contributed by atoms with Crippen LogP contribution in [0.3, 0.4) is 0 Å². The summed E-state index contributed by atoms with van der Waals surface area (Å²) < 4.78 is 7.20. The largest absolute Gasteiger partial charge is 0.378 e. The average molecular weight is 308 g/mol. The molecule has 1 aliphatic rings. The Morgan fingerprint density at radius 3 is 2.61 bits per heavy atom. The maximum Gasteiger partial charge on any atom is 0.254 e. The quantitative estimate of drug-likeness (QED) is 0.725. The number of carbonyl (C=O) groups is 1. The summed E-state index contributed by atoms with van der Waals surface area (Å²) in [5.41, 5.74) is 3.28. The van der Waals surface area contributed by atoms with Crippen LogP contribution in [0.5, 0.6) is 0 Å². The third-order valence-electron chi connectivity index (χ3n) is 4.00. The molecular formula is C17H16N4O2. The molecule has 1 saturated heterocycles. The fourth-order valence-electron chi connectivity index (χ4n) is 2.75. The number of amides is 1. The molecule has 2 aromatic heterocycles. The Bertz CT molecular complexity index is 835. The topological polar surface area (TPSA) is 60.2 Å². The standard InChI is InChI=1S/C17H16N4O2/c22-17(20-8-10-23-11-9-20)13-3-5-14(6-4-13)21-12-19-15-2-1-7-18-16(15)21/h1-7,12H,8-11H2. The highest BCUT2D eigenvalue weighted by Gasteiger charge is 2.18. The van der Waals surface area contributed by atoms with Crippen LogP contribution in [0.25, 0.3) is 16.9 Å². The molecule has 1 amide bonds. The van der Waals surface area contributed by atoms with E-state index in [4.69, 9.17) is 4.74 Å². The molecule has 3 heterocycles. The first-order valence-electron chi connectivity index (χ1n) is 7.58. The lowest BCUT2D eigenvalue weighted by Crippen LogP contribution is -2.40. The van der Waals surface area contributed by atoms with Crippen molar-refractivity contribution in [2.75, 3.05) is 26.3 Å². The summed E-state index contributed by atoms with van der Waals surface area (Å²) in [6.07, 6.45) is 3.49. The molecule has 6 nitrogen and oxygen atoms in total. The van der Waals surface area contributed by atoms with Crippen LogP contribution >= 0.6 is 0 Å². The zero-order chi connectivity index (χ0) is 15.6. The molecule has 23 heavy (non-hydrogen) atoms. The van der Waals surface area contributed by atoms with Gasteiger partial charge >= 0.3 is 0 Å². The highest BCUT2D eigenvalue weighted by molar-refractivity contribution is 5.94. The lowest BCUT2D eigenvalue weighted by molar-refractivity contribution is 0.0303.